The molecular weight excluding hydrogens is 206 g/mol. The Kier molecular flexibility index (Phi) is 2.96. The van der Waals surface area contributed by atoms with Gasteiger partial charge in [-0.3, -0.25) is 0 Å². The summed E-state index contributed by atoms with van der Waals surface area (Å²) in [6.07, 6.45) is 3.64. The van der Waals surface area contributed by atoms with Gasteiger partial charge in [-0.25, -0.2) is 9.97 Å². The van der Waals surface area contributed by atoms with E-state index in [4.69, 9.17) is 4.74 Å². The summed E-state index contributed by atoms with van der Waals surface area (Å²) in [5.74, 6) is 1.37. The van der Waals surface area contributed by atoms with Crippen molar-refractivity contribution in [3.63, 3.8) is 0 Å². The van der Waals surface area contributed by atoms with Crippen molar-refractivity contribution < 1.29 is 9.84 Å². The van der Waals surface area contributed by atoms with Gasteiger partial charge in [0.25, 0.3) is 0 Å². The zero-order valence-corrected chi connectivity index (χ0v) is 9.66. The fraction of sp³-hybridized carbons (Fsp3) is 0.636. The second kappa shape index (κ2) is 4.25. The maximum atomic E-state index is 9.21. The lowest BCUT2D eigenvalue weighted by atomic mass is 10.1. The topological polar surface area (TPSA) is 67.3 Å². The van der Waals surface area contributed by atoms with E-state index in [1.807, 2.05) is 6.92 Å². The number of ether oxygens (including phenoxy) is 1. The SMILES string of the molecule is COc1ncnc(NCC2(CO)CC2)c1C. The van der Waals surface area contributed by atoms with E-state index in [0.717, 1.165) is 30.8 Å². The number of aliphatic hydroxyl groups is 1. The van der Waals surface area contributed by atoms with Crippen LogP contribution in [0.5, 0.6) is 5.88 Å². The normalized spacial score (nSPS) is 16.9. The molecule has 16 heavy (non-hydrogen) atoms. The van der Waals surface area contributed by atoms with Gasteiger partial charge < -0.3 is 15.2 Å². The Labute approximate surface area is 94.9 Å². The molecule has 1 aliphatic carbocycles. The Morgan fingerprint density at radius 1 is 1.50 bits per heavy atom. The molecule has 0 atom stereocenters. The lowest BCUT2D eigenvalue weighted by Gasteiger charge is -2.15. The van der Waals surface area contributed by atoms with Crippen molar-refractivity contribution >= 4 is 5.82 Å². The molecule has 0 amide bonds. The monoisotopic (exact) mass is 223 g/mol. The molecule has 0 radical (unpaired) electrons. The largest absolute Gasteiger partial charge is 0.481 e. The van der Waals surface area contributed by atoms with Crippen molar-refractivity contribution in [2.75, 3.05) is 25.6 Å². The quantitative estimate of drug-likeness (QED) is 0.778. The van der Waals surface area contributed by atoms with Crippen LogP contribution in [-0.2, 0) is 0 Å². The molecule has 1 saturated carbocycles. The van der Waals surface area contributed by atoms with Crippen LogP contribution >= 0.6 is 0 Å². The molecule has 5 nitrogen and oxygen atoms in total. The molecule has 2 rings (SSSR count). The first-order valence-electron chi connectivity index (χ1n) is 5.41. The van der Waals surface area contributed by atoms with Crippen LogP contribution in [0.1, 0.15) is 18.4 Å². The summed E-state index contributed by atoms with van der Waals surface area (Å²) >= 11 is 0. The van der Waals surface area contributed by atoms with Crippen molar-refractivity contribution in [1.29, 1.82) is 0 Å². The van der Waals surface area contributed by atoms with Crippen LogP contribution in [0.3, 0.4) is 0 Å². The fourth-order valence-corrected chi connectivity index (χ4v) is 1.66. The highest BCUT2D eigenvalue weighted by atomic mass is 16.5. The van der Waals surface area contributed by atoms with Gasteiger partial charge in [-0.05, 0) is 19.8 Å². The fourth-order valence-electron chi connectivity index (χ4n) is 1.66. The number of nitrogens with zero attached hydrogens (tertiary/aromatic N) is 2. The first-order valence-corrected chi connectivity index (χ1v) is 5.41. The van der Waals surface area contributed by atoms with E-state index < -0.39 is 0 Å². The van der Waals surface area contributed by atoms with E-state index in [1.54, 1.807) is 7.11 Å². The van der Waals surface area contributed by atoms with Gasteiger partial charge in [-0.1, -0.05) is 0 Å². The highest BCUT2D eigenvalue weighted by molar-refractivity contribution is 5.47. The van der Waals surface area contributed by atoms with Crippen LogP contribution in [0.4, 0.5) is 5.82 Å². The first-order chi connectivity index (χ1) is 7.71. The van der Waals surface area contributed by atoms with E-state index in [-0.39, 0.29) is 12.0 Å². The number of hydrogen-bond acceptors (Lipinski definition) is 5. The minimum atomic E-state index is 0.0740. The molecule has 0 aliphatic heterocycles. The Morgan fingerprint density at radius 3 is 2.81 bits per heavy atom. The molecule has 88 valence electrons. The number of anilines is 1. The number of aliphatic hydroxyl groups excluding tert-OH is 1. The van der Waals surface area contributed by atoms with Gasteiger partial charge in [0.2, 0.25) is 5.88 Å². The van der Waals surface area contributed by atoms with Crippen molar-refractivity contribution in [3.8, 4) is 5.88 Å². The van der Waals surface area contributed by atoms with Gasteiger partial charge in [0, 0.05) is 12.0 Å². The molecule has 0 spiro atoms. The van der Waals surface area contributed by atoms with Gasteiger partial charge in [-0.2, -0.15) is 0 Å². The number of methoxy groups -OCH3 is 1. The van der Waals surface area contributed by atoms with E-state index >= 15 is 0 Å². The highest BCUT2D eigenvalue weighted by Crippen LogP contribution is 2.45. The summed E-state index contributed by atoms with van der Waals surface area (Å²) in [6, 6.07) is 0. The zero-order chi connectivity index (χ0) is 11.6. The molecule has 5 heteroatoms. The molecule has 1 aromatic heterocycles. The van der Waals surface area contributed by atoms with Crippen molar-refractivity contribution in [2.24, 2.45) is 5.41 Å². The van der Waals surface area contributed by atoms with Crippen LogP contribution in [0.2, 0.25) is 0 Å². The number of rotatable bonds is 5. The molecule has 0 unspecified atom stereocenters. The summed E-state index contributed by atoms with van der Waals surface area (Å²) in [7, 11) is 1.59. The lowest BCUT2D eigenvalue weighted by molar-refractivity contribution is 0.219. The summed E-state index contributed by atoms with van der Waals surface area (Å²) in [4.78, 5) is 8.18. The third kappa shape index (κ3) is 2.09. The maximum Gasteiger partial charge on any atom is 0.221 e. The number of aromatic nitrogens is 2. The second-order valence-electron chi connectivity index (χ2n) is 4.37. The van der Waals surface area contributed by atoms with Gasteiger partial charge in [-0.15, -0.1) is 0 Å². The third-order valence-electron chi connectivity index (χ3n) is 3.15. The van der Waals surface area contributed by atoms with Crippen molar-refractivity contribution in [3.05, 3.63) is 11.9 Å². The minimum absolute atomic E-state index is 0.0740. The van der Waals surface area contributed by atoms with Crippen LogP contribution in [0, 0.1) is 12.3 Å². The van der Waals surface area contributed by atoms with E-state index in [0.29, 0.717) is 5.88 Å². The predicted molar refractivity (Wildman–Crippen MR) is 60.6 cm³/mol. The van der Waals surface area contributed by atoms with Gasteiger partial charge >= 0.3 is 0 Å². The molecule has 1 aliphatic rings. The maximum absolute atomic E-state index is 9.21. The number of hydrogen-bond donors (Lipinski definition) is 2. The van der Waals surface area contributed by atoms with Gasteiger partial charge in [0.05, 0.1) is 19.3 Å². The van der Waals surface area contributed by atoms with Crippen molar-refractivity contribution in [2.45, 2.75) is 19.8 Å². The van der Waals surface area contributed by atoms with Crippen LogP contribution in [0.15, 0.2) is 6.33 Å². The average Bonchev–Trinajstić information content (AvgIpc) is 3.08. The molecule has 1 fully saturated rings. The Balaban J connectivity index is 2.04. The van der Waals surface area contributed by atoms with E-state index in [1.165, 1.54) is 6.33 Å². The van der Waals surface area contributed by atoms with E-state index in [2.05, 4.69) is 15.3 Å². The van der Waals surface area contributed by atoms with Crippen LogP contribution in [0.25, 0.3) is 0 Å². The van der Waals surface area contributed by atoms with Crippen LogP contribution < -0.4 is 10.1 Å². The molecule has 1 heterocycles. The highest BCUT2D eigenvalue weighted by Gasteiger charge is 2.41. The van der Waals surface area contributed by atoms with Crippen molar-refractivity contribution in [1.82, 2.24) is 9.97 Å². The minimum Gasteiger partial charge on any atom is -0.481 e. The third-order valence-corrected chi connectivity index (χ3v) is 3.15. The second-order valence-corrected chi connectivity index (χ2v) is 4.37. The Bertz CT molecular complexity index is 377. The van der Waals surface area contributed by atoms with Gasteiger partial charge in [0.1, 0.15) is 12.1 Å². The summed E-state index contributed by atoms with van der Waals surface area (Å²) in [5, 5.41) is 12.5. The Hall–Kier alpha value is -1.36. The molecule has 0 aromatic carbocycles. The summed E-state index contributed by atoms with van der Waals surface area (Å²) in [6.45, 7) is 2.91. The standard InChI is InChI=1S/C11H17N3O2/c1-8-9(13-7-14-10(8)16-2)12-5-11(6-15)3-4-11/h7,15H,3-6H2,1-2H3,(H,12,13,14). The lowest BCUT2D eigenvalue weighted by Crippen LogP contribution is -2.20. The Morgan fingerprint density at radius 2 is 2.25 bits per heavy atom. The van der Waals surface area contributed by atoms with Gasteiger partial charge in [0.15, 0.2) is 0 Å². The smallest absolute Gasteiger partial charge is 0.221 e. The van der Waals surface area contributed by atoms with E-state index in [9.17, 15) is 5.11 Å². The summed E-state index contributed by atoms with van der Waals surface area (Å²) in [5.41, 5.74) is 0.976. The predicted octanol–water partition coefficient (Wildman–Crippen LogP) is 0.978. The summed E-state index contributed by atoms with van der Waals surface area (Å²) < 4.78 is 5.12. The number of nitrogens with one attached hydrogen (secondary N) is 1. The van der Waals surface area contributed by atoms with Crippen LogP contribution in [-0.4, -0.2) is 35.3 Å². The molecule has 0 bridgehead atoms. The zero-order valence-electron chi connectivity index (χ0n) is 9.66. The molecule has 1 aromatic rings. The first kappa shape index (κ1) is 11.1. The molecule has 0 saturated heterocycles. The molecule has 2 N–H and O–H groups in total. The average molecular weight is 223 g/mol. The molecular formula is C11H17N3O2.